The lowest BCUT2D eigenvalue weighted by atomic mass is 10.2. The maximum absolute atomic E-state index is 4.54. The molecule has 17 heavy (non-hydrogen) atoms. The summed E-state index contributed by atoms with van der Waals surface area (Å²) in [7, 11) is 0. The molecule has 1 atom stereocenters. The molecule has 0 spiro atoms. The number of anilines is 1. The number of nitrogens with one attached hydrogen (secondary N) is 1. The van der Waals surface area contributed by atoms with Crippen molar-refractivity contribution in [2.75, 3.05) is 18.1 Å². The Hall–Kier alpha value is -0.610. The number of nitrogens with zero attached hydrogens (tertiary/aromatic N) is 1. The molecule has 1 N–H and O–H groups in total. The molecule has 1 unspecified atom stereocenters. The average Bonchev–Trinajstić information content (AvgIpc) is 2.78. The van der Waals surface area contributed by atoms with Gasteiger partial charge in [0.15, 0.2) is 5.17 Å². The quantitative estimate of drug-likeness (QED) is 0.831. The molecule has 0 bridgehead atoms. The molecule has 0 radical (unpaired) electrons. The Morgan fingerprint density at radius 3 is 2.82 bits per heavy atom. The number of rotatable bonds is 4. The first-order valence-corrected chi connectivity index (χ1v) is 8.04. The van der Waals surface area contributed by atoms with Crippen molar-refractivity contribution in [2.45, 2.75) is 29.9 Å². The van der Waals surface area contributed by atoms with E-state index in [0.29, 0.717) is 5.25 Å². The molecule has 1 heterocycles. The third-order valence-corrected chi connectivity index (χ3v) is 4.58. The van der Waals surface area contributed by atoms with Crippen molar-refractivity contribution in [2.24, 2.45) is 4.99 Å². The van der Waals surface area contributed by atoms with Gasteiger partial charge >= 0.3 is 0 Å². The smallest absolute Gasteiger partial charge is 0.161 e. The summed E-state index contributed by atoms with van der Waals surface area (Å²) in [5.41, 5.74) is 1.13. The van der Waals surface area contributed by atoms with Crippen molar-refractivity contribution in [1.82, 2.24) is 0 Å². The fourth-order valence-electron chi connectivity index (χ4n) is 1.76. The van der Waals surface area contributed by atoms with Gasteiger partial charge in [0, 0.05) is 15.8 Å². The molecule has 0 amide bonds. The van der Waals surface area contributed by atoms with Crippen molar-refractivity contribution < 1.29 is 0 Å². The lowest BCUT2D eigenvalue weighted by Crippen LogP contribution is -2.07. The van der Waals surface area contributed by atoms with Gasteiger partial charge in [-0.05, 0) is 36.9 Å². The van der Waals surface area contributed by atoms with Gasteiger partial charge in [-0.1, -0.05) is 25.1 Å². The zero-order valence-electron chi connectivity index (χ0n) is 10.3. The normalized spacial score (nSPS) is 19.2. The lowest BCUT2D eigenvalue weighted by Gasteiger charge is -2.08. The lowest BCUT2D eigenvalue weighted by molar-refractivity contribution is 0.754. The van der Waals surface area contributed by atoms with Crippen molar-refractivity contribution >= 4 is 34.4 Å². The Labute approximate surface area is 112 Å². The summed E-state index contributed by atoms with van der Waals surface area (Å²) in [6.07, 6.45) is 4.59. The summed E-state index contributed by atoms with van der Waals surface area (Å²) in [5, 5.41) is 5.13. The first-order chi connectivity index (χ1) is 8.31. The number of hydrogen-bond donors (Lipinski definition) is 1. The Balaban J connectivity index is 1.89. The van der Waals surface area contributed by atoms with E-state index in [2.05, 4.69) is 47.8 Å². The minimum Gasteiger partial charge on any atom is -0.335 e. The molecule has 1 aromatic rings. The van der Waals surface area contributed by atoms with E-state index >= 15 is 0 Å². The highest BCUT2D eigenvalue weighted by atomic mass is 32.2. The predicted molar refractivity (Wildman–Crippen MR) is 80.4 cm³/mol. The van der Waals surface area contributed by atoms with Crippen LogP contribution >= 0.6 is 23.5 Å². The molecule has 2 nitrogen and oxygen atoms in total. The molecule has 4 heteroatoms. The van der Waals surface area contributed by atoms with Crippen LogP contribution in [0.1, 0.15) is 19.8 Å². The molecule has 0 aromatic heterocycles. The Morgan fingerprint density at radius 2 is 2.18 bits per heavy atom. The van der Waals surface area contributed by atoms with Gasteiger partial charge in [0.1, 0.15) is 0 Å². The van der Waals surface area contributed by atoms with E-state index in [1.165, 1.54) is 17.7 Å². The summed E-state index contributed by atoms with van der Waals surface area (Å²) in [6.45, 7) is 3.19. The zero-order chi connectivity index (χ0) is 12.1. The highest BCUT2D eigenvalue weighted by Crippen LogP contribution is 2.26. The van der Waals surface area contributed by atoms with Crippen LogP contribution in [0.25, 0.3) is 0 Å². The van der Waals surface area contributed by atoms with Crippen LogP contribution in [0.5, 0.6) is 0 Å². The van der Waals surface area contributed by atoms with Gasteiger partial charge in [-0.3, -0.25) is 4.99 Å². The summed E-state index contributed by atoms with van der Waals surface area (Å²) >= 11 is 3.64. The Bertz CT molecular complexity index is 387. The SMILES string of the molecule is CCCC1CN=C(Nc2ccc(SC)cc2)S1. The fourth-order valence-corrected chi connectivity index (χ4v) is 3.31. The minimum absolute atomic E-state index is 0.674. The summed E-state index contributed by atoms with van der Waals surface area (Å²) in [4.78, 5) is 5.83. The van der Waals surface area contributed by atoms with E-state index in [9.17, 15) is 0 Å². The fraction of sp³-hybridized carbons (Fsp3) is 0.462. The molecule has 0 saturated carbocycles. The summed E-state index contributed by atoms with van der Waals surface area (Å²) in [5.74, 6) is 0. The zero-order valence-corrected chi connectivity index (χ0v) is 11.9. The van der Waals surface area contributed by atoms with Crippen LogP contribution in [0.2, 0.25) is 0 Å². The van der Waals surface area contributed by atoms with E-state index in [-0.39, 0.29) is 0 Å². The van der Waals surface area contributed by atoms with Gasteiger partial charge in [-0.2, -0.15) is 0 Å². The molecule has 1 aromatic carbocycles. The van der Waals surface area contributed by atoms with E-state index < -0.39 is 0 Å². The van der Waals surface area contributed by atoms with Gasteiger partial charge in [-0.25, -0.2) is 0 Å². The second kappa shape index (κ2) is 6.36. The van der Waals surface area contributed by atoms with E-state index in [4.69, 9.17) is 0 Å². The van der Waals surface area contributed by atoms with Gasteiger partial charge in [0.05, 0.1) is 6.54 Å². The summed E-state index contributed by atoms with van der Waals surface area (Å²) in [6, 6.07) is 8.50. The molecule has 1 aliphatic rings. The van der Waals surface area contributed by atoms with Crippen molar-refractivity contribution in [3.63, 3.8) is 0 Å². The number of hydrogen-bond acceptors (Lipinski definition) is 4. The van der Waals surface area contributed by atoms with Gasteiger partial charge in [0.25, 0.3) is 0 Å². The third-order valence-electron chi connectivity index (χ3n) is 2.67. The first kappa shape index (κ1) is 12.8. The summed E-state index contributed by atoms with van der Waals surface area (Å²) < 4.78 is 0. The second-order valence-electron chi connectivity index (χ2n) is 4.03. The first-order valence-electron chi connectivity index (χ1n) is 5.94. The third kappa shape index (κ3) is 3.68. The maximum atomic E-state index is 4.54. The number of benzene rings is 1. The predicted octanol–water partition coefficient (Wildman–Crippen LogP) is 4.09. The van der Waals surface area contributed by atoms with Crippen LogP contribution < -0.4 is 5.32 Å². The van der Waals surface area contributed by atoms with Crippen LogP contribution in [-0.4, -0.2) is 23.2 Å². The highest BCUT2D eigenvalue weighted by Gasteiger charge is 2.18. The standard InChI is InChI=1S/C13H18N2S2/c1-3-4-12-9-14-13(17-12)15-10-5-7-11(16-2)8-6-10/h5-8,12H,3-4,9H2,1-2H3,(H,14,15). The van der Waals surface area contributed by atoms with Crippen LogP contribution in [0.15, 0.2) is 34.2 Å². The van der Waals surface area contributed by atoms with Crippen LogP contribution in [0.4, 0.5) is 5.69 Å². The van der Waals surface area contributed by atoms with Crippen molar-refractivity contribution in [3.05, 3.63) is 24.3 Å². The number of amidine groups is 1. The van der Waals surface area contributed by atoms with Crippen LogP contribution in [-0.2, 0) is 0 Å². The molecule has 2 rings (SSSR count). The number of aliphatic imine (C=N–C) groups is 1. The molecule has 92 valence electrons. The van der Waals surface area contributed by atoms with E-state index in [0.717, 1.165) is 17.4 Å². The van der Waals surface area contributed by atoms with E-state index in [1.54, 1.807) is 11.8 Å². The average molecular weight is 266 g/mol. The Kier molecular flexibility index (Phi) is 4.80. The molecular formula is C13H18N2S2. The van der Waals surface area contributed by atoms with Crippen LogP contribution in [0, 0.1) is 0 Å². The molecule has 0 aliphatic carbocycles. The van der Waals surface area contributed by atoms with Crippen molar-refractivity contribution in [1.29, 1.82) is 0 Å². The van der Waals surface area contributed by atoms with Gasteiger partial charge in [0.2, 0.25) is 0 Å². The molecule has 0 saturated heterocycles. The Morgan fingerprint density at radius 1 is 1.41 bits per heavy atom. The van der Waals surface area contributed by atoms with Gasteiger partial charge in [-0.15, -0.1) is 11.8 Å². The molecule has 1 aliphatic heterocycles. The van der Waals surface area contributed by atoms with Crippen molar-refractivity contribution in [3.8, 4) is 0 Å². The molecular weight excluding hydrogens is 248 g/mol. The molecule has 0 fully saturated rings. The van der Waals surface area contributed by atoms with Crippen LogP contribution in [0.3, 0.4) is 0 Å². The van der Waals surface area contributed by atoms with Gasteiger partial charge < -0.3 is 5.32 Å². The number of thioether (sulfide) groups is 2. The maximum Gasteiger partial charge on any atom is 0.161 e. The second-order valence-corrected chi connectivity index (χ2v) is 6.20. The topological polar surface area (TPSA) is 24.4 Å². The highest BCUT2D eigenvalue weighted by molar-refractivity contribution is 8.15. The van der Waals surface area contributed by atoms with E-state index in [1.807, 2.05) is 11.8 Å². The minimum atomic E-state index is 0.674. The monoisotopic (exact) mass is 266 g/mol. The largest absolute Gasteiger partial charge is 0.335 e.